The molecule has 3 N–H and O–H groups in total. The van der Waals surface area contributed by atoms with Crippen molar-refractivity contribution in [2.45, 2.75) is 24.7 Å². The number of imide groups is 1. The number of hydrogen-bond donors (Lipinski definition) is 2. The van der Waals surface area contributed by atoms with Crippen molar-refractivity contribution in [3.8, 4) is 0 Å². The summed E-state index contributed by atoms with van der Waals surface area (Å²) in [6.45, 7) is 0.321. The first-order valence-corrected chi connectivity index (χ1v) is 6.18. The molecule has 0 spiro atoms. The smallest absolute Gasteiger partial charge is 0.322 e. The van der Waals surface area contributed by atoms with E-state index >= 15 is 0 Å². The molecule has 0 aromatic heterocycles. The van der Waals surface area contributed by atoms with Gasteiger partial charge in [0.25, 0.3) is 5.91 Å². The van der Waals surface area contributed by atoms with Crippen LogP contribution in [-0.4, -0.2) is 35.1 Å². The van der Waals surface area contributed by atoms with Gasteiger partial charge in [-0.15, -0.1) is 0 Å². The van der Waals surface area contributed by atoms with E-state index in [1.807, 2.05) is 0 Å². The lowest BCUT2D eigenvalue weighted by atomic mass is 10.0. The first kappa shape index (κ1) is 15.3. The number of rotatable bonds is 3. The molecule has 21 heavy (non-hydrogen) atoms. The van der Waals surface area contributed by atoms with Gasteiger partial charge in [-0.3, -0.25) is 9.69 Å². The Kier molecular flexibility index (Phi) is 3.66. The van der Waals surface area contributed by atoms with Gasteiger partial charge < -0.3 is 11.1 Å². The fraction of sp³-hybridized carbons (Fsp3) is 0.385. The van der Waals surface area contributed by atoms with E-state index < -0.39 is 29.7 Å². The predicted molar refractivity (Wildman–Crippen MR) is 68.1 cm³/mol. The van der Waals surface area contributed by atoms with Crippen molar-refractivity contribution in [2.24, 2.45) is 5.73 Å². The van der Waals surface area contributed by atoms with Crippen LogP contribution in [0.25, 0.3) is 0 Å². The van der Waals surface area contributed by atoms with Gasteiger partial charge >= 0.3 is 12.2 Å². The fourth-order valence-corrected chi connectivity index (χ4v) is 2.06. The highest BCUT2D eigenvalue weighted by Gasteiger charge is 2.64. The Hall–Kier alpha value is -2.09. The van der Waals surface area contributed by atoms with Crippen molar-refractivity contribution in [1.29, 1.82) is 0 Å². The minimum Gasteiger partial charge on any atom is -0.322 e. The normalized spacial score (nSPS) is 24.1. The molecule has 2 unspecified atom stereocenters. The average Bonchev–Trinajstić information content (AvgIpc) is 2.64. The van der Waals surface area contributed by atoms with E-state index in [9.17, 15) is 22.8 Å². The van der Waals surface area contributed by atoms with E-state index in [1.54, 1.807) is 35.6 Å². The van der Waals surface area contributed by atoms with Crippen LogP contribution >= 0.6 is 0 Å². The van der Waals surface area contributed by atoms with Crippen LogP contribution < -0.4 is 11.1 Å². The van der Waals surface area contributed by atoms with Gasteiger partial charge in [-0.05, 0) is 12.5 Å². The lowest BCUT2D eigenvalue weighted by Gasteiger charge is -2.25. The molecule has 1 aromatic rings. The van der Waals surface area contributed by atoms with Crippen LogP contribution in [0.1, 0.15) is 18.5 Å². The summed E-state index contributed by atoms with van der Waals surface area (Å²) in [4.78, 5) is 24.1. The monoisotopic (exact) mass is 301 g/mol. The molecule has 1 aliphatic rings. The predicted octanol–water partition coefficient (Wildman–Crippen LogP) is 1.56. The maximum absolute atomic E-state index is 12.9. The second kappa shape index (κ2) is 5.03. The molecule has 1 aromatic carbocycles. The number of carbonyl (C=O) groups excluding carboxylic acids is 2. The highest BCUT2D eigenvalue weighted by atomic mass is 19.4. The first-order valence-electron chi connectivity index (χ1n) is 6.18. The van der Waals surface area contributed by atoms with Crippen molar-refractivity contribution in [3.63, 3.8) is 0 Å². The number of hydrogen-bond acceptors (Lipinski definition) is 3. The number of benzene rings is 1. The first-order chi connectivity index (χ1) is 9.67. The van der Waals surface area contributed by atoms with Gasteiger partial charge in [0.1, 0.15) is 0 Å². The summed E-state index contributed by atoms with van der Waals surface area (Å²) in [5, 5.41) is 1.68. The number of amides is 3. The number of carbonyl (C=O) groups is 2. The third-order valence-electron chi connectivity index (χ3n) is 3.45. The lowest BCUT2D eigenvalue weighted by Crippen LogP contribution is -2.56. The van der Waals surface area contributed by atoms with Gasteiger partial charge in [0.05, 0.1) is 0 Å². The van der Waals surface area contributed by atoms with E-state index in [2.05, 4.69) is 0 Å². The van der Waals surface area contributed by atoms with Crippen LogP contribution in [0.2, 0.25) is 0 Å². The van der Waals surface area contributed by atoms with Crippen molar-refractivity contribution in [1.82, 2.24) is 10.2 Å². The molecular weight excluding hydrogens is 287 g/mol. The summed E-state index contributed by atoms with van der Waals surface area (Å²) >= 11 is 0. The van der Waals surface area contributed by atoms with Crippen LogP contribution in [0, 0.1) is 0 Å². The average molecular weight is 301 g/mol. The third-order valence-corrected chi connectivity index (χ3v) is 3.45. The Morgan fingerprint density at radius 1 is 1.29 bits per heavy atom. The van der Waals surface area contributed by atoms with Crippen molar-refractivity contribution in [3.05, 3.63) is 35.9 Å². The zero-order valence-corrected chi connectivity index (χ0v) is 11.1. The quantitative estimate of drug-likeness (QED) is 0.832. The van der Waals surface area contributed by atoms with Gasteiger partial charge in [0.2, 0.25) is 5.54 Å². The molecule has 1 saturated heterocycles. The second-order valence-electron chi connectivity index (χ2n) is 4.99. The van der Waals surface area contributed by atoms with E-state index in [0.29, 0.717) is 17.4 Å². The van der Waals surface area contributed by atoms with Gasteiger partial charge in [-0.25, -0.2) is 4.79 Å². The van der Waals surface area contributed by atoms with Gasteiger partial charge in [-0.1, -0.05) is 30.3 Å². The van der Waals surface area contributed by atoms with Gasteiger partial charge in [-0.2, -0.15) is 13.2 Å². The van der Waals surface area contributed by atoms with Crippen LogP contribution in [0.3, 0.4) is 0 Å². The topological polar surface area (TPSA) is 75.4 Å². The molecule has 1 heterocycles. The molecule has 0 radical (unpaired) electrons. The zero-order valence-electron chi connectivity index (χ0n) is 11.1. The van der Waals surface area contributed by atoms with E-state index in [4.69, 9.17) is 5.73 Å². The standard InChI is InChI=1S/C13H14F3N3O2/c1-12(13(14,15)16)10(20)19(11(21)18-12)7-9(17)8-5-3-2-4-6-8/h2-6,9H,7,17H2,1H3,(H,18,21). The number of nitrogens with two attached hydrogens (primary N) is 1. The molecule has 1 fully saturated rings. The van der Waals surface area contributed by atoms with Crippen LogP contribution in [0.4, 0.5) is 18.0 Å². The number of urea groups is 1. The molecule has 0 saturated carbocycles. The maximum atomic E-state index is 12.9. The van der Waals surface area contributed by atoms with Crippen LogP contribution in [0.15, 0.2) is 30.3 Å². The Morgan fingerprint density at radius 3 is 2.33 bits per heavy atom. The molecule has 3 amide bonds. The van der Waals surface area contributed by atoms with Crippen molar-refractivity contribution >= 4 is 11.9 Å². The van der Waals surface area contributed by atoms with Crippen LogP contribution in [-0.2, 0) is 4.79 Å². The highest BCUT2D eigenvalue weighted by Crippen LogP contribution is 2.35. The number of alkyl halides is 3. The molecule has 2 rings (SSSR count). The highest BCUT2D eigenvalue weighted by molar-refractivity contribution is 6.07. The Balaban J connectivity index is 2.19. The summed E-state index contributed by atoms with van der Waals surface area (Å²) in [7, 11) is 0. The molecule has 0 bridgehead atoms. The summed E-state index contributed by atoms with van der Waals surface area (Å²) in [6, 6.07) is 6.67. The summed E-state index contributed by atoms with van der Waals surface area (Å²) < 4.78 is 38.7. The SMILES string of the molecule is CC1(C(F)(F)F)NC(=O)N(CC(N)c2ccccc2)C1=O. The number of nitrogens with one attached hydrogen (secondary N) is 1. The van der Waals surface area contributed by atoms with Gasteiger partial charge in [0.15, 0.2) is 0 Å². The molecular formula is C13H14F3N3O2. The Bertz CT molecular complexity index is 562. The van der Waals surface area contributed by atoms with Crippen LogP contribution in [0.5, 0.6) is 0 Å². The second-order valence-corrected chi connectivity index (χ2v) is 4.99. The molecule has 114 valence electrons. The molecule has 0 aliphatic carbocycles. The molecule has 8 heteroatoms. The van der Waals surface area contributed by atoms with E-state index in [-0.39, 0.29) is 6.54 Å². The largest absolute Gasteiger partial charge is 0.420 e. The third kappa shape index (κ3) is 2.58. The zero-order chi connectivity index (χ0) is 15.8. The Labute approximate surface area is 118 Å². The van der Waals surface area contributed by atoms with Crippen molar-refractivity contribution in [2.75, 3.05) is 6.54 Å². The maximum Gasteiger partial charge on any atom is 0.420 e. The van der Waals surface area contributed by atoms with Gasteiger partial charge in [0, 0.05) is 12.6 Å². The lowest BCUT2D eigenvalue weighted by molar-refractivity contribution is -0.191. The number of nitrogens with zero attached hydrogens (tertiary/aromatic N) is 1. The molecule has 1 aliphatic heterocycles. The molecule has 5 nitrogen and oxygen atoms in total. The van der Waals surface area contributed by atoms with E-state index in [1.165, 1.54) is 0 Å². The fourth-order valence-electron chi connectivity index (χ4n) is 2.06. The summed E-state index contributed by atoms with van der Waals surface area (Å²) in [6.07, 6.45) is -4.87. The van der Waals surface area contributed by atoms with Crippen molar-refractivity contribution < 1.29 is 22.8 Å². The number of halogens is 3. The Morgan fingerprint density at radius 2 is 1.86 bits per heavy atom. The summed E-state index contributed by atoms with van der Waals surface area (Å²) in [5.41, 5.74) is 3.56. The minimum absolute atomic E-state index is 0.319. The minimum atomic E-state index is -4.87. The summed E-state index contributed by atoms with van der Waals surface area (Å²) in [5.74, 6) is -1.34. The molecule has 2 atom stereocenters. The van der Waals surface area contributed by atoms with E-state index in [0.717, 1.165) is 0 Å².